The molecule has 2 aromatic carbocycles. The number of nitrogens with one attached hydrogen (secondary N) is 6. The quantitative estimate of drug-likeness (QED) is 0.110. The average Bonchev–Trinajstić information content (AvgIpc) is 2.94. The number of benzene rings is 2. The predicted octanol–water partition coefficient (Wildman–Crippen LogP) is 5.24. The van der Waals surface area contributed by atoms with Crippen molar-refractivity contribution in [1.82, 2.24) is 16.1 Å². The summed E-state index contributed by atoms with van der Waals surface area (Å²) in [4.78, 5) is 30.5. The number of amides is 2. The molecule has 0 aromatic heterocycles. The van der Waals surface area contributed by atoms with Crippen LogP contribution in [-0.2, 0) is 24.4 Å². The van der Waals surface area contributed by atoms with E-state index in [0.717, 1.165) is 12.8 Å². The van der Waals surface area contributed by atoms with Crippen LogP contribution in [0.25, 0.3) is 0 Å². The van der Waals surface area contributed by atoms with Gasteiger partial charge in [-0.3, -0.25) is 25.2 Å². The molecule has 2 aromatic rings. The highest BCUT2D eigenvalue weighted by Gasteiger charge is 2.38. The maximum Gasteiger partial charge on any atom is 0.327 e. The summed E-state index contributed by atoms with van der Waals surface area (Å²) >= 11 is 1.61. The molecule has 1 aliphatic heterocycles. The van der Waals surface area contributed by atoms with Gasteiger partial charge in [0.2, 0.25) is 0 Å². The van der Waals surface area contributed by atoms with Crippen molar-refractivity contribution < 1.29 is 22.8 Å². The lowest BCUT2D eigenvalue weighted by molar-refractivity contribution is -0.139. The first-order valence-electron chi connectivity index (χ1n) is 14.9. The number of piperidine rings is 1. The van der Waals surface area contributed by atoms with Crippen molar-refractivity contribution in [2.75, 3.05) is 15.6 Å². The molecule has 0 atom stereocenters. The molecule has 0 radical (unpaired) electrons. The zero-order valence-corrected chi connectivity index (χ0v) is 27.4. The summed E-state index contributed by atoms with van der Waals surface area (Å²) in [7, 11) is -3.90. The van der Waals surface area contributed by atoms with Crippen molar-refractivity contribution in [1.29, 1.82) is 0 Å². The summed E-state index contributed by atoms with van der Waals surface area (Å²) in [5, 5.41) is 7.41. The van der Waals surface area contributed by atoms with Gasteiger partial charge in [-0.25, -0.2) is 13.9 Å². The lowest BCUT2D eigenvalue weighted by Crippen LogP contribution is -2.63. The fourth-order valence-electron chi connectivity index (χ4n) is 5.93. The topological polar surface area (TPSA) is 150 Å². The Kier molecular flexibility index (Phi) is 10.7. The monoisotopic (exact) mass is 644 g/mol. The Hall–Kier alpha value is -3.42. The first kappa shape index (κ1) is 33.5. The van der Waals surface area contributed by atoms with Crippen molar-refractivity contribution in [3.8, 4) is 0 Å². The second-order valence-electron chi connectivity index (χ2n) is 12.7. The Morgan fingerprint density at radius 3 is 2.20 bits per heavy atom. The molecule has 1 saturated heterocycles. The number of carbonyl (C=O) groups is 2. The van der Waals surface area contributed by atoms with Crippen LogP contribution >= 0.6 is 11.8 Å². The molecule has 0 spiro atoms. The molecule has 240 valence electrons. The second-order valence-corrected chi connectivity index (χ2v) is 15.8. The molecule has 1 heterocycles. The SMILES string of the molecule is C=C(ONc1cccc(S(=O)(=O)Nc2ccc(NNC(=O)C(=O)NC3CC(C)(C)NC(C)(C)C3)cc2)c1)SC1CCCCC1. The second kappa shape index (κ2) is 14.1. The Labute approximate surface area is 264 Å². The van der Waals surface area contributed by atoms with Gasteiger partial charge in [0, 0.05) is 28.1 Å². The third-order valence-electron chi connectivity index (χ3n) is 7.47. The largest absolute Gasteiger partial charge is 0.376 e. The molecule has 44 heavy (non-hydrogen) atoms. The van der Waals surface area contributed by atoms with E-state index in [9.17, 15) is 18.0 Å². The molecule has 1 saturated carbocycles. The van der Waals surface area contributed by atoms with Crippen molar-refractivity contribution >= 4 is 50.7 Å². The van der Waals surface area contributed by atoms with E-state index in [1.807, 2.05) is 0 Å². The van der Waals surface area contributed by atoms with Crippen molar-refractivity contribution in [3.63, 3.8) is 0 Å². The molecular formula is C31H44N6O5S2. The molecule has 0 bridgehead atoms. The minimum atomic E-state index is -3.90. The fraction of sp³-hybridized carbons (Fsp3) is 0.484. The van der Waals surface area contributed by atoms with Gasteiger partial charge in [0.25, 0.3) is 10.0 Å². The summed E-state index contributed by atoms with van der Waals surface area (Å²) in [6, 6.07) is 12.4. The number of hydrogen-bond acceptors (Lipinski definition) is 9. The summed E-state index contributed by atoms with van der Waals surface area (Å²) < 4.78 is 28.6. The highest BCUT2D eigenvalue weighted by Crippen LogP contribution is 2.33. The Balaban J connectivity index is 1.25. The van der Waals surface area contributed by atoms with E-state index in [-0.39, 0.29) is 22.0 Å². The van der Waals surface area contributed by atoms with Crippen LogP contribution in [0.5, 0.6) is 0 Å². The third kappa shape index (κ3) is 10.1. The molecule has 2 amide bonds. The van der Waals surface area contributed by atoms with E-state index in [0.29, 0.717) is 40.2 Å². The van der Waals surface area contributed by atoms with E-state index >= 15 is 0 Å². The van der Waals surface area contributed by atoms with E-state index in [4.69, 9.17) is 4.84 Å². The van der Waals surface area contributed by atoms with Gasteiger partial charge in [-0.2, -0.15) is 0 Å². The van der Waals surface area contributed by atoms with E-state index in [2.05, 4.69) is 66.0 Å². The number of anilines is 3. The summed E-state index contributed by atoms with van der Waals surface area (Å²) in [6.45, 7) is 12.2. The lowest BCUT2D eigenvalue weighted by atomic mass is 9.79. The van der Waals surface area contributed by atoms with Gasteiger partial charge in [-0.1, -0.05) is 37.1 Å². The Bertz CT molecular complexity index is 1420. The minimum Gasteiger partial charge on any atom is -0.376 e. The molecule has 0 unspecified atom stereocenters. The first-order valence-corrected chi connectivity index (χ1v) is 17.2. The maximum absolute atomic E-state index is 13.1. The summed E-state index contributed by atoms with van der Waals surface area (Å²) in [5.74, 6) is -1.55. The number of hydrazine groups is 1. The number of thioether (sulfide) groups is 1. The highest BCUT2D eigenvalue weighted by atomic mass is 32.2. The Morgan fingerprint density at radius 1 is 0.909 bits per heavy atom. The third-order valence-corrected chi connectivity index (χ3v) is 10.00. The van der Waals surface area contributed by atoms with Crippen LogP contribution in [-0.4, -0.2) is 42.6 Å². The van der Waals surface area contributed by atoms with Crippen LogP contribution in [0.15, 0.2) is 65.1 Å². The zero-order chi connectivity index (χ0) is 32.0. The first-order chi connectivity index (χ1) is 20.7. The van der Waals surface area contributed by atoms with Crippen LogP contribution in [0.4, 0.5) is 17.1 Å². The van der Waals surface area contributed by atoms with Gasteiger partial charge in [0.15, 0.2) is 5.09 Å². The smallest absolute Gasteiger partial charge is 0.327 e. The number of hydrogen-bond donors (Lipinski definition) is 6. The van der Waals surface area contributed by atoms with E-state index in [1.54, 1.807) is 48.2 Å². The van der Waals surface area contributed by atoms with Crippen molar-refractivity contribution in [2.45, 2.75) is 99.9 Å². The molecule has 1 aliphatic carbocycles. The maximum atomic E-state index is 13.1. The van der Waals surface area contributed by atoms with Crippen LogP contribution in [0.3, 0.4) is 0 Å². The number of sulfonamides is 1. The van der Waals surface area contributed by atoms with E-state index < -0.39 is 21.8 Å². The number of carbonyl (C=O) groups excluding carboxylic acids is 2. The van der Waals surface area contributed by atoms with Crippen LogP contribution in [0.2, 0.25) is 0 Å². The highest BCUT2D eigenvalue weighted by molar-refractivity contribution is 8.03. The molecular weight excluding hydrogens is 601 g/mol. The lowest BCUT2D eigenvalue weighted by Gasteiger charge is -2.46. The zero-order valence-electron chi connectivity index (χ0n) is 25.8. The average molecular weight is 645 g/mol. The van der Waals surface area contributed by atoms with Gasteiger partial charge in [-0.15, -0.1) is 0 Å². The van der Waals surface area contributed by atoms with E-state index in [1.165, 1.54) is 31.4 Å². The van der Waals surface area contributed by atoms with Gasteiger partial charge in [-0.05, 0) is 102 Å². The van der Waals surface area contributed by atoms with Crippen LogP contribution < -0.4 is 31.7 Å². The predicted molar refractivity (Wildman–Crippen MR) is 176 cm³/mol. The summed E-state index contributed by atoms with van der Waals surface area (Å²) in [6.07, 6.45) is 7.39. The van der Waals surface area contributed by atoms with Crippen molar-refractivity contribution in [2.24, 2.45) is 0 Å². The standard InChI is InChI=1S/C31H44N6O5S2/c1-21(43-26-11-7-6-8-12-26)42-35-24-10-9-13-27(18-24)44(40,41)36-23-16-14-22(15-17-23)33-34-29(39)28(38)32-25-19-30(2,3)37-31(4,5)20-25/h9-10,13-18,25-26,33,35-37H,1,6-8,11-12,19-20H2,2-5H3,(H,32,38)(H,34,39). The Morgan fingerprint density at radius 2 is 1.55 bits per heavy atom. The van der Waals surface area contributed by atoms with Gasteiger partial charge in [0.05, 0.1) is 16.3 Å². The normalized spacial score (nSPS) is 18.5. The molecule has 6 N–H and O–H groups in total. The molecule has 2 fully saturated rings. The van der Waals surface area contributed by atoms with Gasteiger partial charge >= 0.3 is 11.8 Å². The summed E-state index contributed by atoms with van der Waals surface area (Å²) in [5.41, 5.74) is 8.79. The fourth-order valence-corrected chi connectivity index (χ4v) is 8.07. The van der Waals surface area contributed by atoms with Gasteiger partial charge in [0.1, 0.15) is 0 Å². The van der Waals surface area contributed by atoms with Crippen LogP contribution in [0.1, 0.15) is 72.6 Å². The van der Waals surface area contributed by atoms with Crippen LogP contribution in [0, 0.1) is 0 Å². The molecule has 11 nitrogen and oxygen atoms in total. The minimum absolute atomic E-state index is 0.0534. The molecule has 4 rings (SSSR count). The number of rotatable bonds is 11. The molecule has 2 aliphatic rings. The molecule has 13 heteroatoms. The van der Waals surface area contributed by atoms with Crippen molar-refractivity contribution in [3.05, 3.63) is 60.2 Å². The van der Waals surface area contributed by atoms with Gasteiger partial charge < -0.3 is 15.5 Å².